The van der Waals surface area contributed by atoms with Crippen LogP contribution >= 0.6 is 11.6 Å². The van der Waals surface area contributed by atoms with Gasteiger partial charge in [-0.05, 0) is 25.0 Å². The minimum absolute atomic E-state index is 0.166. The molecular formula is C14H23ClN4O. The first-order valence-electron chi connectivity index (χ1n) is 7.06. The van der Waals surface area contributed by atoms with Crippen molar-refractivity contribution in [1.29, 1.82) is 0 Å². The van der Waals surface area contributed by atoms with E-state index in [4.69, 9.17) is 17.4 Å². The summed E-state index contributed by atoms with van der Waals surface area (Å²) in [4.78, 5) is 16.4. The number of carbonyl (C=O) groups excluding carboxylic acids is 1. The number of aromatic nitrogens is 1. The van der Waals surface area contributed by atoms with Gasteiger partial charge in [-0.2, -0.15) is 0 Å². The zero-order valence-electron chi connectivity index (χ0n) is 12.1. The first kappa shape index (κ1) is 16.7. The van der Waals surface area contributed by atoms with Crippen LogP contribution in [0.1, 0.15) is 56.4 Å². The molecule has 1 rings (SSSR count). The molecule has 5 nitrogen and oxygen atoms in total. The van der Waals surface area contributed by atoms with Gasteiger partial charge in [0.25, 0.3) is 5.91 Å². The van der Waals surface area contributed by atoms with Crippen LogP contribution in [0.5, 0.6) is 0 Å². The Morgan fingerprint density at radius 3 is 2.70 bits per heavy atom. The molecule has 0 bridgehead atoms. The summed E-state index contributed by atoms with van der Waals surface area (Å²) in [7, 11) is 0. The molecule has 0 radical (unpaired) electrons. The van der Waals surface area contributed by atoms with E-state index in [1.54, 1.807) is 12.1 Å². The van der Waals surface area contributed by atoms with Crippen molar-refractivity contribution >= 4 is 23.3 Å². The maximum absolute atomic E-state index is 12.3. The molecule has 1 heterocycles. The summed E-state index contributed by atoms with van der Waals surface area (Å²) in [6.45, 7) is 4.24. The number of amides is 1. The van der Waals surface area contributed by atoms with Gasteiger partial charge in [0.15, 0.2) is 0 Å². The summed E-state index contributed by atoms with van der Waals surface area (Å²) in [5.74, 6) is 5.46. The third-order valence-electron chi connectivity index (χ3n) is 3.09. The summed E-state index contributed by atoms with van der Waals surface area (Å²) in [6.07, 6.45) is 5.17. The molecule has 0 saturated heterocycles. The van der Waals surface area contributed by atoms with E-state index in [9.17, 15) is 4.79 Å². The Hall–Kier alpha value is -1.33. The average Bonchev–Trinajstić information content (AvgIpc) is 2.45. The Morgan fingerprint density at radius 2 is 2.10 bits per heavy atom. The van der Waals surface area contributed by atoms with E-state index in [1.807, 2.05) is 0 Å². The number of pyridine rings is 1. The molecule has 112 valence electrons. The van der Waals surface area contributed by atoms with Crippen LogP contribution in [0, 0.1) is 0 Å². The third kappa shape index (κ3) is 4.98. The van der Waals surface area contributed by atoms with Crippen molar-refractivity contribution < 1.29 is 4.79 Å². The Balaban J connectivity index is 2.77. The number of hydrazine groups is 1. The van der Waals surface area contributed by atoms with Crippen LogP contribution in [0.25, 0.3) is 0 Å². The van der Waals surface area contributed by atoms with Gasteiger partial charge in [-0.15, -0.1) is 0 Å². The summed E-state index contributed by atoms with van der Waals surface area (Å²) in [5, 5.41) is 3.33. The standard InChI is InChI=1S/C14H23ClN4O/c1-3-5-7-10(6-4-2)17-14(20)13-11(15)8-9-12(18-13)19-16/h8-10H,3-7,16H2,1-2H3,(H,17,20)(H,18,19). The molecule has 1 unspecified atom stereocenters. The molecule has 0 aliphatic heterocycles. The van der Waals surface area contributed by atoms with Crippen LogP contribution in [-0.2, 0) is 0 Å². The molecule has 0 saturated carbocycles. The van der Waals surface area contributed by atoms with Gasteiger partial charge in [0, 0.05) is 6.04 Å². The summed E-state index contributed by atoms with van der Waals surface area (Å²) >= 11 is 6.02. The number of carbonyl (C=O) groups is 1. The van der Waals surface area contributed by atoms with E-state index in [2.05, 4.69) is 29.6 Å². The van der Waals surface area contributed by atoms with Crippen LogP contribution in [0.15, 0.2) is 12.1 Å². The smallest absolute Gasteiger partial charge is 0.271 e. The highest BCUT2D eigenvalue weighted by Gasteiger charge is 2.17. The zero-order valence-corrected chi connectivity index (χ0v) is 12.8. The van der Waals surface area contributed by atoms with Crippen molar-refractivity contribution in [2.24, 2.45) is 5.84 Å². The van der Waals surface area contributed by atoms with Crippen LogP contribution in [0.2, 0.25) is 5.02 Å². The summed E-state index contributed by atoms with van der Waals surface area (Å²) in [6, 6.07) is 3.40. The van der Waals surface area contributed by atoms with Gasteiger partial charge in [0.05, 0.1) is 5.02 Å². The molecule has 1 aromatic heterocycles. The molecule has 0 aromatic carbocycles. The number of nitrogen functional groups attached to an aromatic ring is 1. The van der Waals surface area contributed by atoms with E-state index in [0.29, 0.717) is 10.8 Å². The second-order valence-corrected chi connectivity index (χ2v) is 5.18. The number of nitrogens with zero attached hydrogens (tertiary/aromatic N) is 1. The van der Waals surface area contributed by atoms with Gasteiger partial charge in [-0.3, -0.25) is 4.79 Å². The number of anilines is 1. The van der Waals surface area contributed by atoms with Crippen LogP contribution < -0.4 is 16.6 Å². The van der Waals surface area contributed by atoms with Crippen LogP contribution in [-0.4, -0.2) is 16.9 Å². The second-order valence-electron chi connectivity index (χ2n) is 4.77. The Morgan fingerprint density at radius 1 is 1.35 bits per heavy atom. The Bertz CT molecular complexity index is 439. The van der Waals surface area contributed by atoms with Crippen molar-refractivity contribution in [3.05, 3.63) is 22.8 Å². The topological polar surface area (TPSA) is 80.0 Å². The molecular weight excluding hydrogens is 276 g/mol. The molecule has 0 spiro atoms. The Kier molecular flexibility index (Phi) is 7.33. The highest BCUT2D eigenvalue weighted by atomic mass is 35.5. The van der Waals surface area contributed by atoms with Crippen LogP contribution in [0.4, 0.5) is 5.82 Å². The predicted molar refractivity (Wildman–Crippen MR) is 82.7 cm³/mol. The van der Waals surface area contributed by atoms with Gasteiger partial charge in [-0.25, -0.2) is 10.8 Å². The molecule has 0 fully saturated rings. The minimum atomic E-state index is -0.248. The summed E-state index contributed by atoms with van der Waals surface area (Å²) in [5.41, 5.74) is 2.62. The van der Waals surface area contributed by atoms with Crippen molar-refractivity contribution in [3.63, 3.8) is 0 Å². The lowest BCUT2D eigenvalue weighted by Crippen LogP contribution is -2.35. The lowest BCUT2D eigenvalue weighted by atomic mass is 10.0. The normalized spacial score (nSPS) is 12.0. The van der Waals surface area contributed by atoms with Gasteiger partial charge < -0.3 is 10.7 Å². The lowest BCUT2D eigenvalue weighted by molar-refractivity contribution is 0.0927. The molecule has 6 heteroatoms. The number of hydrogen-bond acceptors (Lipinski definition) is 4. The maximum Gasteiger partial charge on any atom is 0.271 e. The fourth-order valence-corrected chi connectivity index (χ4v) is 2.21. The maximum atomic E-state index is 12.3. The lowest BCUT2D eigenvalue weighted by Gasteiger charge is -2.18. The average molecular weight is 299 g/mol. The fourth-order valence-electron chi connectivity index (χ4n) is 2.02. The fraction of sp³-hybridized carbons (Fsp3) is 0.571. The number of rotatable bonds is 8. The van der Waals surface area contributed by atoms with Gasteiger partial charge in [0.2, 0.25) is 0 Å². The molecule has 1 aromatic rings. The van der Waals surface area contributed by atoms with E-state index >= 15 is 0 Å². The SMILES string of the molecule is CCCCC(CCC)NC(=O)c1nc(NN)ccc1Cl. The number of nitrogens with two attached hydrogens (primary N) is 1. The van der Waals surface area contributed by atoms with Crippen molar-refractivity contribution in [3.8, 4) is 0 Å². The predicted octanol–water partition coefficient (Wildman–Crippen LogP) is 3.11. The largest absolute Gasteiger partial charge is 0.348 e. The highest BCUT2D eigenvalue weighted by Crippen LogP contribution is 2.17. The van der Waals surface area contributed by atoms with Crippen LogP contribution in [0.3, 0.4) is 0 Å². The minimum Gasteiger partial charge on any atom is -0.348 e. The third-order valence-corrected chi connectivity index (χ3v) is 3.39. The van der Waals surface area contributed by atoms with Gasteiger partial charge >= 0.3 is 0 Å². The van der Waals surface area contributed by atoms with Crippen molar-refractivity contribution in [2.45, 2.75) is 52.0 Å². The number of halogens is 1. The first-order chi connectivity index (χ1) is 9.62. The van der Waals surface area contributed by atoms with E-state index < -0.39 is 0 Å². The summed E-state index contributed by atoms with van der Waals surface area (Å²) < 4.78 is 0. The first-order valence-corrected chi connectivity index (χ1v) is 7.44. The molecule has 1 amide bonds. The molecule has 1 atom stereocenters. The second kappa shape index (κ2) is 8.76. The Labute approximate surface area is 125 Å². The number of hydrogen-bond donors (Lipinski definition) is 3. The number of unbranched alkanes of at least 4 members (excludes halogenated alkanes) is 1. The van der Waals surface area contributed by atoms with Crippen molar-refractivity contribution in [2.75, 3.05) is 5.43 Å². The number of nitrogens with one attached hydrogen (secondary N) is 2. The molecule has 0 aliphatic rings. The monoisotopic (exact) mass is 298 g/mol. The van der Waals surface area contributed by atoms with E-state index in [1.165, 1.54) is 0 Å². The molecule has 20 heavy (non-hydrogen) atoms. The molecule has 4 N–H and O–H groups in total. The van der Waals surface area contributed by atoms with Crippen molar-refractivity contribution in [1.82, 2.24) is 10.3 Å². The molecule has 0 aliphatic carbocycles. The zero-order chi connectivity index (χ0) is 15.0. The van der Waals surface area contributed by atoms with E-state index in [-0.39, 0.29) is 17.6 Å². The van der Waals surface area contributed by atoms with E-state index in [0.717, 1.165) is 32.1 Å². The van der Waals surface area contributed by atoms with Gasteiger partial charge in [-0.1, -0.05) is 44.7 Å². The highest BCUT2D eigenvalue weighted by molar-refractivity contribution is 6.33. The quantitative estimate of drug-likeness (QED) is 0.509. The van der Waals surface area contributed by atoms with Gasteiger partial charge in [0.1, 0.15) is 11.5 Å².